The van der Waals surface area contributed by atoms with Gasteiger partial charge in [-0.15, -0.1) is 0 Å². The highest BCUT2D eigenvalue weighted by molar-refractivity contribution is 5.38. The molecule has 1 aromatic rings. The second-order valence-corrected chi connectivity index (χ2v) is 5.08. The quantitative estimate of drug-likeness (QED) is 0.796. The van der Waals surface area contributed by atoms with E-state index in [1.165, 1.54) is 12.8 Å². The Balaban J connectivity index is 2.29. The predicted molar refractivity (Wildman–Crippen MR) is 66.7 cm³/mol. The van der Waals surface area contributed by atoms with Crippen LogP contribution in [0.1, 0.15) is 38.1 Å². The third-order valence-corrected chi connectivity index (χ3v) is 2.76. The number of hydrogen-bond donors (Lipinski definition) is 0. The van der Waals surface area contributed by atoms with Crippen molar-refractivity contribution in [2.24, 2.45) is 5.92 Å². The summed E-state index contributed by atoms with van der Waals surface area (Å²) < 4.78 is 0. The molecular formula is C13H18N4. The maximum absolute atomic E-state index is 8.95. The van der Waals surface area contributed by atoms with Crippen molar-refractivity contribution in [1.82, 2.24) is 9.97 Å². The van der Waals surface area contributed by atoms with E-state index in [1.54, 1.807) is 6.07 Å². The number of hydrogen-bond acceptors (Lipinski definition) is 4. The molecule has 1 aliphatic carbocycles. The third-order valence-electron chi connectivity index (χ3n) is 2.76. The molecule has 0 unspecified atom stereocenters. The van der Waals surface area contributed by atoms with Crippen molar-refractivity contribution >= 4 is 5.95 Å². The summed E-state index contributed by atoms with van der Waals surface area (Å²) in [5.74, 6) is 1.29. The fourth-order valence-corrected chi connectivity index (χ4v) is 1.91. The molecule has 1 aromatic heterocycles. The number of rotatable bonds is 4. The van der Waals surface area contributed by atoms with Crippen LogP contribution in [0.2, 0.25) is 0 Å². The van der Waals surface area contributed by atoms with Gasteiger partial charge in [-0.05, 0) is 31.7 Å². The predicted octanol–water partition coefficient (Wildman–Crippen LogP) is 2.28. The number of aromatic nitrogens is 2. The largest absolute Gasteiger partial charge is 0.338 e. The highest BCUT2D eigenvalue weighted by Gasteiger charge is 2.31. The van der Waals surface area contributed by atoms with E-state index in [1.807, 2.05) is 6.92 Å². The van der Waals surface area contributed by atoms with E-state index in [2.05, 4.69) is 34.8 Å². The van der Waals surface area contributed by atoms with Gasteiger partial charge >= 0.3 is 0 Å². The van der Waals surface area contributed by atoms with E-state index in [4.69, 9.17) is 5.26 Å². The lowest BCUT2D eigenvalue weighted by Crippen LogP contribution is -2.31. The van der Waals surface area contributed by atoms with E-state index in [9.17, 15) is 0 Å². The molecule has 1 aliphatic rings. The summed E-state index contributed by atoms with van der Waals surface area (Å²) in [6.07, 6.45) is 2.43. The standard InChI is InChI=1S/C13H18N4/c1-9(2)8-17(12-4-5-12)13-15-10(3)6-11(7-14)16-13/h6,9,12H,4-5,8H2,1-3H3. The summed E-state index contributed by atoms with van der Waals surface area (Å²) in [6.45, 7) is 7.25. The molecule has 1 fully saturated rings. The van der Waals surface area contributed by atoms with E-state index in [-0.39, 0.29) is 0 Å². The van der Waals surface area contributed by atoms with Gasteiger partial charge < -0.3 is 4.90 Å². The minimum atomic E-state index is 0.460. The molecule has 0 bridgehead atoms. The highest BCUT2D eigenvalue weighted by Crippen LogP contribution is 2.30. The second kappa shape index (κ2) is 4.70. The van der Waals surface area contributed by atoms with Gasteiger partial charge in [-0.3, -0.25) is 0 Å². The van der Waals surface area contributed by atoms with Gasteiger partial charge in [0.25, 0.3) is 0 Å². The Hall–Kier alpha value is -1.63. The zero-order valence-corrected chi connectivity index (χ0v) is 10.6. The molecule has 1 heterocycles. The van der Waals surface area contributed by atoms with Crippen LogP contribution in [0, 0.1) is 24.2 Å². The summed E-state index contributed by atoms with van der Waals surface area (Å²) in [5.41, 5.74) is 1.32. The van der Waals surface area contributed by atoms with Crippen molar-refractivity contribution in [3.05, 3.63) is 17.5 Å². The molecule has 0 aliphatic heterocycles. The molecule has 4 nitrogen and oxygen atoms in total. The van der Waals surface area contributed by atoms with E-state index in [0.29, 0.717) is 17.7 Å². The first kappa shape index (κ1) is 11.8. The van der Waals surface area contributed by atoms with Crippen molar-refractivity contribution in [3.63, 3.8) is 0 Å². The first-order valence-electron chi connectivity index (χ1n) is 6.12. The lowest BCUT2D eigenvalue weighted by Gasteiger charge is -2.24. The van der Waals surface area contributed by atoms with Gasteiger partial charge in [0, 0.05) is 18.3 Å². The molecule has 2 rings (SSSR count). The van der Waals surface area contributed by atoms with Crippen LogP contribution in [0.3, 0.4) is 0 Å². The first-order chi connectivity index (χ1) is 8.10. The Kier molecular flexibility index (Phi) is 3.28. The van der Waals surface area contributed by atoms with Crippen molar-refractivity contribution in [2.45, 2.75) is 39.7 Å². The van der Waals surface area contributed by atoms with Gasteiger partial charge in [0.1, 0.15) is 11.8 Å². The monoisotopic (exact) mass is 230 g/mol. The lowest BCUT2D eigenvalue weighted by atomic mass is 10.2. The first-order valence-corrected chi connectivity index (χ1v) is 6.12. The summed E-state index contributed by atoms with van der Waals surface area (Å²) >= 11 is 0. The normalized spacial score (nSPS) is 14.8. The fraction of sp³-hybridized carbons (Fsp3) is 0.615. The number of nitriles is 1. The molecule has 4 heteroatoms. The van der Waals surface area contributed by atoms with Gasteiger partial charge in [-0.2, -0.15) is 5.26 Å². The average molecular weight is 230 g/mol. The molecule has 0 saturated heterocycles. The van der Waals surface area contributed by atoms with E-state index in [0.717, 1.165) is 18.2 Å². The molecule has 0 N–H and O–H groups in total. The fourth-order valence-electron chi connectivity index (χ4n) is 1.91. The van der Waals surface area contributed by atoms with Crippen molar-refractivity contribution in [2.75, 3.05) is 11.4 Å². The van der Waals surface area contributed by atoms with Gasteiger partial charge in [-0.25, -0.2) is 9.97 Å². The van der Waals surface area contributed by atoms with Crippen LogP contribution in [-0.4, -0.2) is 22.6 Å². The smallest absolute Gasteiger partial charge is 0.227 e. The number of nitrogens with zero attached hydrogens (tertiary/aromatic N) is 4. The average Bonchev–Trinajstić information content (AvgIpc) is 3.08. The van der Waals surface area contributed by atoms with Crippen LogP contribution in [0.4, 0.5) is 5.95 Å². The Morgan fingerprint density at radius 2 is 2.18 bits per heavy atom. The zero-order valence-electron chi connectivity index (χ0n) is 10.6. The van der Waals surface area contributed by atoms with Crippen molar-refractivity contribution < 1.29 is 0 Å². The molecule has 17 heavy (non-hydrogen) atoms. The lowest BCUT2D eigenvalue weighted by molar-refractivity contribution is 0.596. The van der Waals surface area contributed by atoms with Crippen molar-refractivity contribution in [1.29, 1.82) is 5.26 Å². The molecule has 90 valence electrons. The Bertz CT molecular complexity index is 443. The van der Waals surface area contributed by atoms with Gasteiger partial charge in [0.15, 0.2) is 0 Å². The highest BCUT2D eigenvalue weighted by atomic mass is 15.3. The second-order valence-electron chi connectivity index (χ2n) is 5.08. The van der Waals surface area contributed by atoms with Crippen LogP contribution >= 0.6 is 0 Å². The minimum Gasteiger partial charge on any atom is -0.338 e. The molecule has 1 saturated carbocycles. The molecule has 0 spiro atoms. The molecule has 0 aromatic carbocycles. The van der Waals surface area contributed by atoms with E-state index < -0.39 is 0 Å². The zero-order chi connectivity index (χ0) is 12.4. The summed E-state index contributed by atoms with van der Waals surface area (Å²) in [7, 11) is 0. The molecular weight excluding hydrogens is 212 g/mol. The SMILES string of the molecule is Cc1cc(C#N)nc(N(CC(C)C)C2CC2)n1. The van der Waals surface area contributed by atoms with Crippen LogP contribution in [-0.2, 0) is 0 Å². The van der Waals surface area contributed by atoms with Crippen LogP contribution in [0.25, 0.3) is 0 Å². The van der Waals surface area contributed by atoms with Crippen molar-refractivity contribution in [3.8, 4) is 6.07 Å². The van der Waals surface area contributed by atoms with Gasteiger partial charge in [-0.1, -0.05) is 13.8 Å². The minimum absolute atomic E-state index is 0.460. The molecule has 0 radical (unpaired) electrons. The van der Waals surface area contributed by atoms with E-state index >= 15 is 0 Å². The maximum atomic E-state index is 8.95. The summed E-state index contributed by atoms with van der Waals surface area (Å²) in [4.78, 5) is 11.0. The Labute approximate surface area is 102 Å². The summed E-state index contributed by atoms with van der Waals surface area (Å²) in [5, 5.41) is 8.95. The molecule has 0 amide bonds. The maximum Gasteiger partial charge on any atom is 0.227 e. The van der Waals surface area contributed by atoms with Crippen LogP contribution < -0.4 is 4.90 Å². The van der Waals surface area contributed by atoms with Crippen LogP contribution in [0.5, 0.6) is 0 Å². The van der Waals surface area contributed by atoms with Gasteiger partial charge in [0.05, 0.1) is 0 Å². The topological polar surface area (TPSA) is 52.8 Å². The Morgan fingerprint density at radius 3 is 2.71 bits per heavy atom. The number of aryl methyl sites for hydroxylation is 1. The Morgan fingerprint density at radius 1 is 1.47 bits per heavy atom. The third kappa shape index (κ3) is 2.94. The molecule has 0 atom stereocenters. The van der Waals surface area contributed by atoms with Gasteiger partial charge in [0.2, 0.25) is 5.95 Å². The van der Waals surface area contributed by atoms with Crippen LogP contribution in [0.15, 0.2) is 6.07 Å². The number of anilines is 1. The summed E-state index contributed by atoms with van der Waals surface area (Å²) in [6, 6.07) is 4.40.